The molecule has 0 unspecified atom stereocenters. The van der Waals surface area contributed by atoms with Crippen LogP contribution >= 0.6 is 0 Å². The van der Waals surface area contributed by atoms with Crippen LogP contribution in [-0.4, -0.2) is 27.1 Å². The summed E-state index contributed by atoms with van der Waals surface area (Å²) in [5.74, 6) is 3.22. The molecule has 30 heavy (non-hydrogen) atoms. The second-order valence-electron chi connectivity index (χ2n) is 6.11. The Balaban J connectivity index is 1.80. The molecule has 1 aromatic heterocycles. The summed E-state index contributed by atoms with van der Waals surface area (Å²) < 4.78 is 15.7. The Kier molecular flexibility index (Phi) is 6.57. The molecule has 1 heterocycles. The number of nitrogens with zero attached hydrogens (tertiary/aromatic N) is 2. The number of benzene rings is 1. The highest BCUT2D eigenvalue weighted by Gasteiger charge is 2.09. The maximum absolute atomic E-state index is 12.3. The number of amides is 1. The molecule has 7 nitrogen and oxygen atoms in total. The minimum Gasteiger partial charge on any atom is -0.507 e. The maximum Gasteiger partial charge on any atom is 0.339 e. The average Bonchev–Trinajstić information content (AvgIpc) is 2.73. The van der Waals surface area contributed by atoms with Crippen molar-refractivity contribution < 1.29 is 24.0 Å². The molecule has 1 aliphatic carbocycles. The van der Waals surface area contributed by atoms with E-state index in [0.717, 1.165) is 5.57 Å². The summed E-state index contributed by atoms with van der Waals surface area (Å²) in [5.41, 5.74) is 1.44. The first-order valence-corrected chi connectivity index (χ1v) is 9.83. The van der Waals surface area contributed by atoms with Crippen LogP contribution in [0.4, 0.5) is 0 Å². The van der Waals surface area contributed by atoms with Crippen molar-refractivity contribution in [2.24, 2.45) is 4.36 Å². The zero-order chi connectivity index (χ0) is 21.5. The molecule has 150 valence electrons. The lowest BCUT2D eigenvalue weighted by atomic mass is 10.1. The molecule has 0 spiro atoms. The number of aromatic hydroxyl groups is 1. The molecule has 0 fully saturated rings. The van der Waals surface area contributed by atoms with E-state index in [1.165, 1.54) is 42.1 Å². The number of hydrogen-bond acceptors (Lipinski definition) is 6. The van der Waals surface area contributed by atoms with Crippen LogP contribution in [0.1, 0.15) is 38.3 Å². The van der Waals surface area contributed by atoms with Gasteiger partial charge in [0.05, 0.1) is 5.56 Å². The van der Waals surface area contributed by atoms with E-state index < -0.39 is 22.5 Å². The number of hydrogen-bond donors (Lipinski definition) is 2. The minimum absolute atomic E-state index is 0.129. The van der Waals surface area contributed by atoms with Gasteiger partial charge in [-0.25, -0.2) is 4.79 Å². The summed E-state index contributed by atoms with van der Waals surface area (Å²) in [6.07, 6.45) is 10.8. The van der Waals surface area contributed by atoms with E-state index in [4.69, 9.17) is 5.11 Å². The van der Waals surface area contributed by atoms with E-state index in [2.05, 4.69) is 21.2 Å². The van der Waals surface area contributed by atoms with Gasteiger partial charge >= 0.3 is 5.97 Å². The molecular weight excluding hydrogens is 404 g/mol. The highest BCUT2D eigenvalue weighted by atomic mass is 32.2. The molecule has 3 rings (SSSR count). The Morgan fingerprint density at radius 2 is 1.93 bits per heavy atom. The van der Waals surface area contributed by atoms with E-state index in [9.17, 15) is 18.9 Å². The zero-order valence-corrected chi connectivity index (χ0v) is 16.3. The van der Waals surface area contributed by atoms with E-state index in [-0.39, 0.29) is 16.9 Å². The van der Waals surface area contributed by atoms with E-state index >= 15 is 0 Å². The lowest BCUT2D eigenvalue weighted by Crippen LogP contribution is -1.97. The fourth-order valence-electron chi connectivity index (χ4n) is 2.46. The van der Waals surface area contributed by atoms with Crippen molar-refractivity contribution in [3.63, 3.8) is 0 Å². The Morgan fingerprint density at radius 1 is 1.13 bits per heavy atom. The number of carboxylic acid groups (broad SMARTS) is 1. The van der Waals surface area contributed by atoms with Crippen molar-refractivity contribution in [3.8, 4) is 17.6 Å². The standard InChI is InChI=1S/C22H15N2O5S/c25-20-9-8-15(11-19(20)22(27)28)6-7-17-10-18(13-23-12-17)21(26)24-30(29)14-16-4-2-1-3-5-16/h1-4,8-14,25H,5H2,(H,27,28)/q-1. The fraction of sp³-hybridized carbons (Fsp3) is 0.0455. The third kappa shape index (κ3) is 5.53. The normalized spacial score (nSPS) is 14.9. The molecule has 8 heteroatoms. The Morgan fingerprint density at radius 3 is 2.67 bits per heavy atom. The first-order valence-electron chi connectivity index (χ1n) is 8.66. The number of phenols is 1. The van der Waals surface area contributed by atoms with Crippen molar-refractivity contribution in [2.75, 3.05) is 0 Å². The number of aromatic nitrogens is 1. The number of aromatic carboxylic acids is 1. The third-order valence-electron chi connectivity index (χ3n) is 3.90. The van der Waals surface area contributed by atoms with Crippen molar-refractivity contribution in [1.29, 1.82) is 0 Å². The van der Waals surface area contributed by atoms with Crippen LogP contribution < -0.4 is 0 Å². The summed E-state index contributed by atoms with van der Waals surface area (Å²) in [5, 5.41) is 20.0. The molecular formula is C22H15N2O5S-. The van der Waals surface area contributed by atoms with Gasteiger partial charge in [-0.3, -0.25) is 9.78 Å². The molecule has 0 atom stereocenters. The number of carbonyl (C=O) groups excluding carboxylic acids is 1. The van der Waals surface area contributed by atoms with Crippen LogP contribution in [0.25, 0.3) is 0 Å². The Bertz CT molecular complexity index is 1260. The van der Waals surface area contributed by atoms with Crippen molar-refractivity contribution in [1.82, 2.24) is 4.98 Å². The topological polar surface area (TPSA) is 117 Å². The summed E-state index contributed by atoms with van der Waals surface area (Å²) in [6, 6.07) is 5.41. The predicted octanol–water partition coefficient (Wildman–Crippen LogP) is 3.57. The van der Waals surface area contributed by atoms with Crippen LogP contribution in [0.15, 0.2) is 76.3 Å². The largest absolute Gasteiger partial charge is 0.507 e. The molecule has 0 bridgehead atoms. The van der Waals surface area contributed by atoms with Gasteiger partial charge in [0.15, 0.2) is 0 Å². The van der Waals surface area contributed by atoms with Gasteiger partial charge in [0.25, 0.3) is 5.91 Å². The van der Waals surface area contributed by atoms with E-state index in [1.807, 2.05) is 18.2 Å². The van der Waals surface area contributed by atoms with Crippen LogP contribution in [-0.2, 0) is 14.8 Å². The van der Waals surface area contributed by atoms with Gasteiger partial charge < -0.3 is 18.8 Å². The van der Waals surface area contributed by atoms with Crippen LogP contribution in [0.2, 0.25) is 0 Å². The molecule has 1 amide bonds. The number of pyridine rings is 1. The van der Waals surface area contributed by atoms with Gasteiger partial charge in [-0.1, -0.05) is 41.7 Å². The first-order chi connectivity index (χ1) is 14.4. The molecule has 0 radical (unpaired) electrons. The monoisotopic (exact) mass is 419 g/mol. The Hall–Kier alpha value is -3.96. The Labute approximate surface area is 174 Å². The molecule has 2 aromatic rings. The molecule has 1 aliphatic rings. The average molecular weight is 419 g/mol. The molecule has 1 aromatic carbocycles. The van der Waals surface area contributed by atoms with Gasteiger partial charge in [-0.15, -0.1) is 5.41 Å². The third-order valence-corrected chi connectivity index (χ3v) is 4.75. The molecule has 2 N–H and O–H groups in total. The van der Waals surface area contributed by atoms with Crippen molar-refractivity contribution in [2.45, 2.75) is 6.42 Å². The fourth-order valence-corrected chi connectivity index (χ4v) is 3.22. The summed E-state index contributed by atoms with van der Waals surface area (Å²) in [4.78, 5) is 27.3. The SMILES string of the molecule is O=C(N=[S-](=O)C=C1C=CC=CC1)c1cncc(C#Cc2ccc(O)c(C(=O)O)c2)c1. The minimum atomic E-state index is -1.81. The number of allylic oxidation sites excluding steroid dienone is 5. The predicted molar refractivity (Wildman–Crippen MR) is 111 cm³/mol. The second kappa shape index (κ2) is 9.49. The second-order valence-corrected chi connectivity index (χ2v) is 7.08. The highest BCUT2D eigenvalue weighted by Crippen LogP contribution is 2.18. The van der Waals surface area contributed by atoms with Gasteiger partial charge in [-0.2, -0.15) is 10.6 Å². The summed E-state index contributed by atoms with van der Waals surface area (Å²) in [6.45, 7) is 0. The lowest BCUT2D eigenvalue weighted by Gasteiger charge is -2.04. The molecule has 0 saturated heterocycles. The van der Waals surface area contributed by atoms with Crippen LogP contribution in [0.3, 0.4) is 0 Å². The van der Waals surface area contributed by atoms with Crippen molar-refractivity contribution >= 4 is 22.5 Å². The quantitative estimate of drug-likeness (QED) is 0.580. The van der Waals surface area contributed by atoms with Crippen molar-refractivity contribution in [3.05, 3.63) is 94.2 Å². The summed E-state index contributed by atoms with van der Waals surface area (Å²) >= 11 is 0. The number of rotatable bonds is 3. The van der Waals surface area contributed by atoms with E-state index in [0.29, 0.717) is 17.5 Å². The first kappa shape index (κ1) is 20.8. The molecule has 0 saturated carbocycles. The lowest BCUT2D eigenvalue weighted by molar-refractivity contribution is 0.0693. The van der Waals surface area contributed by atoms with Gasteiger partial charge in [-0.05, 0) is 30.7 Å². The highest BCUT2D eigenvalue weighted by molar-refractivity contribution is 7.78. The summed E-state index contributed by atoms with van der Waals surface area (Å²) in [7, 11) is -1.81. The van der Waals surface area contributed by atoms with Gasteiger partial charge in [0.1, 0.15) is 11.3 Å². The molecule has 0 aliphatic heterocycles. The van der Waals surface area contributed by atoms with Gasteiger partial charge in [0, 0.05) is 23.5 Å². The number of carbonyl (C=O) groups is 2. The van der Waals surface area contributed by atoms with Crippen LogP contribution in [0.5, 0.6) is 5.75 Å². The van der Waals surface area contributed by atoms with Crippen LogP contribution in [0, 0.1) is 11.8 Å². The number of carboxylic acids is 1. The van der Waals surface area contributed by atoms with E-state index in [1.54, 1.807) is 6.08 Å². The smallest absolute Gasteiger partial charge is 0.339 e. The van der Waals surface area contributed by atoms with Gasteiger partial charge in [0.2, 0.25) is 0 Å². The zero-order valence-electron chi connectivity index (χ0n) is 15.5. The maximum atomic E-state index is 12.3.